The average molecular weight is 622 g/mol. The van der Waals surface area contributed by atoms with Crippen LogP contribution in [0.15, 0.2) is 99.2 Å². The molecule has 0 aromatic heterocycles. The maximum Gasteiger partial charge on any atom is 0.255 e. The summed E-state index contributed by atoms with van der Waals surface area (Å²) in [5.74, 6) is -0.0420. The van der Waals surface area contributed by atoms with Crippen LogP contribution in [0, 0.1) is 0 Å². The highest BCUT2D eigenvalue weighted by molar-refractivity contribution is 5.89. The second-order valence-corrected chi connectivity index (χ2v) is 10.5. The van der Waals surface area contributed by atoms with Crippen LogP contribution in [0.25, 0.3) is 0 Å². The number of phenolic OH excluding ortho intramolecular Hbond substituents is 1. The van der Waals surface area contributed by atoms with Crippen LogP contribution in [0.2, 0.25) is 0 Å². The molecule has 2 saturated heterocycles. The molecule has 2 unspecified atom stereocenters. The van der Waals surface area contributed by atoms with Gasteiger partial charge >= 0.3 is 0 Å². The second-order valence-electron chi connectivity index (χ2n) is 10.5. The van der Waals surface area contributed by atoms with Gasteiger partial charge in [-0.25, -0.2) is 0 Å². The van der Waals surface area contributed by atoms with Crippen molar-refractivity contribution in [1.29, 1.82) is 0 Å². The van der Waals surface area contributed by atoms with Crippen LogP contribution in [-0.2, 0) is 39.8 Å². The first-order chi connectivity index (χ1) is 22.0. The zero-order valence-corrected chi connectivity index (χ0v) is 25.7. The zero-order chi connectivity index (χ0) is 32.2. The third-order valence-corrected chi connectivity index (χ3v) is 7.55. The first kappa shape index (κ1) is 34.1. The molecule has 242 valence electrons. The van der Waals surface area contributed by atoms with Gasteiger partial charge in [0.2, 0.25) is 0 Å². The van der Waals surface area contributed by atoms with Crippen molar-refractivity contribution in [2.75, 3.05) is 40.1 Å². The van der Waals surface area contributed by atoms with Crippen LogP contribution >= 0.6 is 0 Å². The molecule has 10 nitrogen and oxygen atoms in total. The molecular formula is C35H43NO9. The van der Waals surface area contributed by atoms with Gasteiger partial charge in [0, 0.05) is 0 Å². The molecule has 4 rings (SSSR count). The van der Waals surface area contributed by atoms with Gasteiger partial charge in [-0.15, -0.1) is 26.3 Å². The summed E-state index contributed by atoms with van der Waals surface area (Å²) < 4.78 is 42.7. The van der Waals surface area contributed by atoms with Gasteiger partial charge < -0.3 is 43.2 Å². The lowest BCUT2D eigenvalue weighted by atomic mass is 9.84. The number of β-lactam (4-membered cyclic amide) rings is 1. The number of methoxy groups -OCH3 is 1. The number of likely N-dealkylation sites (tertiary alicyclic amines) is 1. The third-order valence-electron chi connectivity index (χ3n) is 7.55. The molecule has 2 aromatic carbocycles. The van der Waals surface area contributed by atoms with E-state index in [1.165, 1.54) is 13.2 Å². The lowest BCUT2D eigenvalue weighted by Crippen LogP contribution is -2.73. The fraction of sp³-hybridized carbons (Fsp3) is 0.400. The molecule has 10 heteroatoms. The van der Waals surface area contributed by atoms with E-state index in [4.69, 9.17) is 33.2 Å². The van der Waals surface area contributed by atoms with Crippen molar-refractivity contribution in [2.24, 2.45) is 0 Å². The predicted octanol–water partition coefficient (Wildman–Crippen LogP) is 4.51. The van der Waals surface area contributed by atoms with Gasteiger partial charge in [0.1, 0.15) is 24.4 Å². The van der Waals surface area contributed by atoms with E-state index < -0.39 is 42.8 Å². The number of benzene rings is 2. The van der Waals surface area contributed by atoms with Gasteiger partial charge in [-0.3, -0.25) is 4.79 Å². The van der Waals surface area contributed by atoms with Crippen LogP contribution in [0.1, 0.15) is 17.2 Å². The number of ether oxygens (including phenoxy) is 7. The number of amides is 1. The minimum Gasteiger partial charge on any atom is -0.504 e. The number of carbonyl (C=O) groups is 1. The standard InChI is InChI=1S/C35H43NO9/c1-6-17-40-23-28-31(41-18-7-2)32(42-19-8-3)30(35(45-28)43-20-9-4)36-29(25-15-16-26(37)27(21-25)39-5)33(34(36)38)44-22-24-13-11-10-12-14-24/h6-16,21,28-33,35,37H,1-4,17-20,22-23H2,5H3/t28-,29?,30-,31-,32-,33?,35-/m1/s1. The molecule has 2 aliphatic rings. The summed E-state index contributed by atoms with van der Waals surface area (Å²) in [5.41, 5.74) is 1.61. The van der Waals surface area contributed by atoms with Crippen LogP contribution in [0.3, 0.4) is 0 Å². The van der Waals surface area contributed by atoms with Gasteiger partial charge in [0.05, 0.1) is 52.8 Å². The smallest absolute Gasteiger partial charge is 0.255 e. The highest BCUT2D eigenvalue weighted by atomic mass is 16.7. The molecule has 7 atom stereocenters. The molecule has 2 heterocycles. The molecule has 2 aliphatic heterocycles. The molecule has 2 fully saturated rings. The zero-order valence-electron chi connectivity index (χ0n) is 25.7. The van der Waals surface area contributed by atoms with Crippen molar-refractivity contribution in [3.8, 4) is 11.5 Å². The Balaban J connectivity index is 1.77. The first-order valence-electron chi connectivity index (χ1n) is 14.8. The van der Waals surface area contributed by atoms with E-state index in [9.17, 15) is 9.90 Å². The van der Waals surface area contributed by atoms with Crippen molar-refractivity contribution in [3.63, 3.8) is 0 Å². The van der Waals surface area contributed by atoms with Crippen molar-refractivity contribution >= 4 is 5.91 Å². The number of aromatic hydroxyl groups is 1. The van der Waals surface area contributed by atoms with E-state index in [2.05, 4.69) is 26.3 Å². The summed E-state index contributed by atoms with van der Waals surface area (Å²) in [4.78, 5) is 15.8. The molecule has 0 radical (unpaired) electrons. The van der Waals surface area contributed by atoms with Crippen molar-refractivity contribution < 1.29 is 43.1 Å². The summed E-state index contributed by atoms with van der Waals surface area (Å²) in [6.45, 7) is 16.4. The lowest BCUT2D eigenvalue weighted by Gasteiger charge is -2.57. The quantitative estimate of drug-likeness (QED) is 0.138. The van der Waals surface area contributed by atoms with Crippen molar-refractivity contribution in [2.45, 2.75) is 49.4 Å². The minimum atomic E-state index is -0.945. The fourth-order valence-electron chi connectivity index (χ4n) is 5.59. The SMILES string of the molecule is C=CCOC[C@H]1O[C@@H](OCC=C)[C@H](N2C(=O)C(OCc3ccccc3)C2c2ccc(O)c(OC)c2)[C@@H](OCC=C)[C@@H]1OCC=C. The molecule has 0 spiro atoms. The molecule has 0 aliphatic carbocycles. The van der Waals surface area contributed by atoms with E-state index in [1.54, 1.807) is 41.3 Å². The summed E-state index contributed by atoms with van der Waals surface area (Å²) in [6.07, 6.45) is 2.71. The van der Waals surface area contributed by atoms with E-state index >= 15 is 0 Å². The van der Waals surface area contributed by atoms with E-state index in [-0.39, 0.29) is 50.4 Å². The first-order valence-corrected chi connectivity index (χ1v) is 14.8. The molecule has 45 heavy (non-hydrogen) atoms. The van der Waals surface area contributed by atoms with Crippen molar-refractivity contribution in [3.05, 3.63) is 110 Å². The Hall–Kier alpha value is -3.77. The van der Waals surface area contributed by atoms with Gasteiger partial charge in [0.25, 0.3) is 5.91 Å². The van der Waals surface area contributed by atoms with Gasteiger partial charge in [0.15, 0.2) is 23.9 Å². The molecule has 1 N–H and O–H groups in total. The normalized spacial score (nSPS) is 26.1. The van der Waals surface area contributed by atoms with E-state index in [1.807, 2.05) is 30.3 Å². The Kier molecular flexibility index (Phi) is 12.9. The summed E-state index contributed by atoms with van der Waals surface area (Å²) in [6, 6.07) is 13.2. The van der Waals surface area contributed by atoms with Crippen LogP contribution < -0.4 is 4.74 Å². The molecule has 0 saturated carbocycles. The monoisotopic (exact) mass is 621 g/mol. The second kappa shape index (κ2) is 17.1. The lowest BCUT2D eigenvalue weighted by molar-refractivity contribution is -0.307. The summed E-state index contributed by atoms with van der Waals surface area (Å²) in [7, 11) is 1.47. The maximum absolute atomic E-state index is 14.2. The molecule has 1 amide bonds. The minimum absolute atomic E-state index is 0.0270. The molecule has 2 aromatic rings. The number of rotatable bonds is 19. The molecule has 0 bridgehead atoms. The third kappa shape index (κ3) is 8.09. The number of hydrogen-bond donors (Lipinski definition) is 1. The van der Waals surface area contributed by atoms with E-state index in [0.717, 1.165) is 5.56 Å². The number of phenols is 1. The van der Waals surface area contributed by atoms with Gasteiger partial charge in [-0.2, -0.15) is 0 Å². The van der Waals surface area contributed by atoms with Crippen LogP contribution in [0.5, 0.6) is 11.5 Å². The Morgan fingerprint density at radius 2 is 1.53 bits per heavy atom. The highest BCUT2D eigenvalue weighted by Gasteiger charge is 2.60. The number of nitrogens with zero attached hydrogens (tertiary/aromatic N) is 1. The summed E-state index contributed by atoms with van der Waals surface area (Å²) in [5, 5.41) is 10.3. The van der Waals surface area contributed by atoms with Crippen molar-refractivity contribution in [1.82, 2.24) is 4.90 Å². The summed E-state index contributed by atoms with van der Waals surface area (Å²) >= 11 is 0. The number of carbonyl (C=O) groups excluding carboxylic acids is 1. The Morgan fingerprint density at radius 1 is 0.867 bits per heavy atom. The van der Waals surface area contributed by atoms with Gasteiger partial charge in [-0.1, -0.05) is 60.7 Å². The van der Waals surface area contributed by atoms with Crippen LogP contribution in [-0.4, -0.2) is 92.8 Å². The topological polar surface area (TPSA) is 105 Å². The fourth-order valence-corrected chi connectivity index (χ4v) is 5.59. The van der Waals surface area contributed by atoms with Gasteiger partial charge in [-0.05, 0) is 23.3 Å². The number of hydrogen-bond acceptors (Lipinski definition) is 9. The Bertz CT molecular complexity index is 1290. The average Bonchev–Trinajstić information content (AvgIpc) is 3.06. The van der Waals surface area contributed by atoms with E-state index in [0.29, 0.717) is 12.2 Å². The maximum atomic E-state index is 14.2. The highest BCUT2D eigenvalue weighted by Crippen LogP contribution is 2.45. The Morgan fingerprint density at radius 3 is 2.20 bits per heavy atom. The predicted molar refractivity (Wildman–Crippen MR) is 169 cm³/mol. The largest absolute Gasteiger partial charge is 0.504 e. The molecular weight excluding hydrogens is 578 g/mol. The van der Waals surface area contributed by atoms with Crippen LogP contribution in [0.4, 0.5) is 0 Å². The Labute approximate surface area is 265 Å².